The molecule has 1 aromatic carbocycles. The van der Waals surface area contributed by atoms with E-state index in [1.165, 1.54) is 10.9 Å². The molecule has 2 aromatic rings. The Bertz CT molecular complexity index is 552. The minimum atomic E-state index is -0.201. The van der Waals surface area contributed by atoms with Crippen molar-refractivity contribution in [3.05, 3.63) is 57.0 Å². The van der Waals surface area contributed by atoms with Gasteiger partial charge in [0.1, 0.15) is 5.82 Å². The Morgan fingerprint density at radius 2 is 1.89 bits per heavy atom. The van der Waals surface area contributed by atoms with Gasteiger partial charge in [0.15, 0.2) is 0 Å². The number of halogens is 4. The predicted molar refractivity (Wildman–Crippen MR) is 88.7 cm³/mol. The number of hydrogen-bond donors (Lipinski definition) is 0. The van der Waals surface area contributed by atoms with Crippen molar-refractivity contribution >= 4 is 54.8 Å². The lowest BCUT2D eigenvalue weighted by molar-refractivity contribution is 0.545. The molecule has 1 aromatic heterocycles. The molecule has 0 nitrogen and oxygen atoms in total. The van der Waals surface area contributed by atoms with Crippen LogP contribution in [0.15, 0.2) is 36.4 Å². The molecule has 0 saturated carbocycles. The molecule has 0 aliphatic rings. The third kappa shape index (κ3) is 3.60. The van der Waals surface area contributed by atoms with Crippen LogP contribution in [0.1, 0.15) is 10.4 Å². The van der Waals surface area contributed by atoms with E-state index in [1.807, 2.05) is 18.2 Å². The van der Waals surface area contributed by atoms with Crippen LogP contribution in [0.5, 0.6) is 0 Å². The zero-order valence-electron chi connectivity index (χ0n) is 10.0. The first-order valence-corrected chi connectivity index (χ1v) is 9.15. The predicted octanol–water partition coefficient (Wildman–Crippen LogP) is 5.81. The molecule has 102 valence electrons. The molecule has 19 heavy (non-hydrogen) atoms. The molecule has 0 aliphatic carbocycles. The van der Waals surface area contributed by atoms with E-state index in [9.17, 15) is 4.39 Å². The summed E-state index contributed by atoms with van der Waals surface area (Å²) in [5.74, 6) is -0.201. The summed E-state index contributed by atoms with van der Waals surface area (Å²) in [6.45, 7) is 0. The van der Waals surface area contributed by atoms with Crippen molar-refractivity contribution in [2.45, 2.75) is 11.8 Å². The van der Waals surface area contributed by atoms with Gasteiger partial charge in [0, 0.05) is 21.0 Å². The Kier molecular flexibility index (Phi) is 5.46. The topological polar surface area (TPSA) is 0 Å². The molecule has 0 aliphatic heterocycles. The average Bonchev–Trinajstić information content (AvgIpc) is 2.81. The Labute approximate surface area is 138 Å². The summed E-state index contributed by atoms with van der Waals surface area (Å²) in [7, 11) is 0. The monoisotopic (exact) mass is 424 g/mol. The highest BCUT2D eigenvalue weighted by Crippen LogP contribution is 2.35. The average molecular weight is 427 g/mol. The summed E-state index contributed by atoms with van der Waals surface area (Å²) in [4.78, 5) is 1.20. The van der Waals surface area contributed by atoms with Gasteiger partial charge in [-0.05, 0) is 36.2 Å². The van der Waals surface area contributed by atoms with Crippen molar-refractivity contribution in [1.29, 1.82) is 0 Å². The minimum Gasteiger partial charge on any atom is -0.207 e. The molecular weight excluding hydrogens is 414 g/mol. The number of hydrogen-bond acceptors (Lipinski definition) is 1. The maximum absolute atomic E-state index is 13.5. The summed E-state index contributed by atoms with van der Waals surface area (Å²) in [5, 5.41) is 1.51. The lowest BCUT2D eigenvalue weighted by atomic mass is 9.81. The second-order valence-corrected chi connectivity index (χ2v) is 7.36. The largest absolute Gasteiger partial charge is 0.207 e. The molecule has 0 N–H and O–H groups in total. The number of rotatable bonds is 5. The van der Waals surface area contributed by atoms with Gasteiger partial charge in [-0.2, -0.15) is 0 Å². The van der Waals surface area contributed by atoms with Gasteiger partial charge in [-0.3, -0.25) is 0 Å². The van der Waals surface area contributed by atoms with Crippen molar-refractivity contribution in [3.63, 3.8) is 0 Å². The minimum absolute atomic E-state index is 0.170. The lowest BCUT2D eigenvalue weighted by Gasteiger charge is -2.30. The van der Waals surface area contributed by atoms with E-state index < -0.39 is 0 Å². The molecule has 0 spiro atoms. The van der Waals surface area contributed by atoms with E-state index >= 15 is 0 Å². The van der Waals surface area contributed by atoms with Gasteiger partial charge in [0.05, 0.1) is 4.34 Å². The van der Waals surface area contributed by atoms with Crippen LogP contribution in [0.2, 0.25) is 4.34 Å². The highest BCUT2D eigenvalue weighted by Gasteiger charge is 2.31. The summed E-state index contributed by atoms with van der Waals surface area (Å²) in [6.07, 6.45) is 0.824. The maximum Gasteiger partial charge on any atom is 0.123 e. The van der Waals surface area contributed by atoms with Gasteiger partial charge in [0.2, 0.25) is 0 Å². The fourth-order valence-electron chi connectivity index (χ4n) is 1.99. The Morgan fingerprint density at radius 3 is 2.42 bits per heavy atom. The van der Waals surface area contributed by atoms with Crippen molar-refractivity contribution in [3.8, 4) is 0 Å². The SMILES string of the molecule is Fc1cccc(C(CBr)(CBr)Cc2ccc(Cl)s2)c1. The highest BCUT2D eigenvalue weighted by molar-refractivity contribution is 9.09. The first kappa shape index (κ1) is 15.5. The van der Waals surface area contributed by atoms with E-state index in [-0.39, 0.29) is 11.2 Å². The molecule has 1 heterocycles. The molecule has 0 radical (unpaired) electrons. The van der Waals surface area contributed by atoms with Gasteiger partial charge in [-0.1, -0.05) is 55.6 Å². The van der Waals surface area contributed by atoms with Crippen molar-refractivity contribution in [2.24, 2.45) is 0 Å². The number of thiophene rings is 1. The van der Waals surface area contributed by atoms with Crippen LogP contribution in [0.4, 0.5) is 4.39 Å². The normalized spacial score (nSPS) is 11.8. The first-order valence-electron chi connectivity index (χ1n) is 5.72. The zero-order valence-corrected chi connectivity index (χ0v) is 14.7. The standard InChI is InChI=1S/C14H12Br2ClFS/c15-8-14(9-16,7-12-4-5-13(17)19-12)10-2-1-3-11(18)6-10/h1-6H,7-9H2. The van der Waals surface area contributed by atoms with Crippen molar-refractivity contribution in [2.75, 3.05) is 10.7 Å². The second-order valence-electron chi connectivity index (χ2n) is 4.44. The van der Waals surface area contributed by atoms with E-state index in [0.717, 1.165) is 27.0 Å². The van der Waals surface area contributed by atoms with E-state index in [1.54, 1.807) is 23.5 Å². The summed E-state index contributed by atoms with van der Waals surface area (Å²) < 4.78 is 14.2. The molecule has 0 unspecified atom stereocenters. The van der Waals surface area contributed by atoms with Crippen LogP contribution in [0.25, 0.3) is 0 Å². The van der Waals surface area contributed by atoms with Gasteiger partial charge < -0.3 is 0 Å². The van der Waals surface area contributed by atoms with Crippen LogP contribution >= 0.6 is 54.8 Å². The van der Waals surface area contributed by atoms with Gasteiger partial charge in [-0.25, -0.2) is 4.39 Å². The lowest BCUT2D eigenvalue weighted by Crippen LogP contribution is -2.32. The molecule has 0 saturated heterocycles. The first-order chi connectivity index (χ1) is 9.09. The van der Waals surface area contributed by atoms with E-state index in [4.69, 9.17) is 11.6 Å². The smallest absolute Gasteiger partial charge is 0.123 e. The van der Waals surface area contributed by atoms with Crippen LogP contribution < -0.4 is 0 Å². The third-order valence-corrected chi connectivity index (χ3v) is 6.47. The second kappa shape index (κ2) is 6.70. The zero-order chi connectivity index (χ0) is 13.9. The van der Waals surface area contributed by atoms with Crippen molar-refractivity contribution in [1.82, 2.24) is 0 Å². The quantitative estimate of drug-likeness (QED) is 0.529. The number of benzene rings is 1. The third-order valence-electron chi connectivity index (χ3n) is 3.09. The van der Waals surface area contributed by atoms with Crippen LogP contribution in [-0.4, -0.2) is 10.7 Å². The molecule has 5 heteroatoms. The van der Waals surface area contributed by atoms with Gasteiger partial charge >= 0.3 is 0 Å². The maximum atomic E-state index is 13.5. The molecule has 0 bridgehead atoms. The van der Waals surface area contributed by atoms with Gasteiger partial charge in [0.25, 0.3) is 0 Å². The van der Waals surface area contributed by atoms with Crippen LogP contribution in [0, 0.1) is 5.82 Å². The summed E-state index contributed by atoms with van der Waals surface area (Å²) in [6, 6.07) is 10.7. The summed E-state index contributed by atoms with van der Waals surface area (Å²) in [5.41, 5.74) is 0.821. The van der Waals surface area contributed by atoms with Crippen LogP contribution in [0.3, 0.4) is 0 Å². The molecule has 0 amide bonds. The fourth-order valence-corrected chi connectivity index (χ4v) is 5.19. The molecule has 2 rings (SSSR count). The van der Waals surface area contributed by atoms with Crippen LogP contribution in [-0.2, 0) is 11.8 Å². The van der Waals surface area contributed by atoms with Gasteiger partial charge in [-0.15, -0.1) is 11.3 Å². The molecule has 0 atom stereocenters. The fraction of sp³-hybridized carbons (Fsp3) is 0.286. The van der Waals surface area contributed by atoms with Crippen molar-refractivity contribution < 1.29 is 4.39 Å². The Hall–Kier alpha value is 0.1000. The van der Waals surface area contributed by atoms with E-state index in [0.29, 0.717) is 0 Å². The van der Waals surface area contributed by atoms with E-state index in [2.05, 4.69) is 31.9 Å². The summed E-state index contributed by atoms with van der Waals surface area (Å²) >= 11 is 14.7. The Balaban J connectivity index is 2.37. The Morgan fingerprint density at radius 1 is 1.16 bits per heavy atom. The highest BCUT2D eigenvalue weighted by atomic mass is 79.9. The number of alkyl halides is 2. The molecule has 0 fully saturated rings. The molecular formula is C14H12Br2ClFS.